The molecular formula is C13H24IN3. The van der Waals surface area contributed by atoms with Crippen LogP contribution in [0, 0.1) is 17.8 Å². The second-order valence-electron chi connectivity index (χ2n) is 5.85. The fourth-order valence-corrected chi connectivity index (χ4v) is 2.95. The van der Waals surface area contributed by atoms with Crippen molar-refractivity contribution in [3.8, 4) is 0 Å². The fourth-order valence-electron chi connectivity index (χ4n) is 2.95. The van der Waals surface area contributed by atoms with E-state index in [4.69, 9.17) is 5.73 Å². The minimum atomic E-state index is 0. The van der Waals surface area contributed by atoms with Gasteiger partial charge >= 0.3 is 0 Å². The van der Waals surface area contributed by atoms with Crippen molar-refractivity contribution in [1.29, 1.82) is 0 Å². The summed E-state index contributed by atoms with van der Waals surface area (Å²) in [5, 5.41) is 3.30. The predicted octanol–water partition coefficient (Wildman–Crippen LogP) is 2.50. The molecule has 0 saturated heterocycles. The number of halogens is 1. The van der Waals surface area contributed by atoms with Gasteiger partial charge in [-0.1, -0.05) is 19.3 Å². The minimum absolute atomic E-state index is 0. The van der Waals surface area contributed by atoms with Crippen LogP contribution in [0.25, 0.3) is 0 Å². The highest BCUT2D eigenvalue weighted by molar-refractivity contribution is 14.0. The number of nitrogens with one attached hydrogen (secondary N) is 1. The fraction of sp³-hybridized carbons (Fsp3) is 0.923. The number of rotatable bonds is 4. The first kappa shape index (κ1) is 13.4. The maximum atomic E-state index is 5.87. The lowest BCUT2D eigenvalue weighted by Crippen LogP contribution is -2.43. The quantitative estimate of drug-likeness (QED) is 0.466. The van der Waals surface area contributed by atoms with Crippen molar-refractivity contribution < 1.29 is 0 Å². The molecule has 0 radical (unpaired) electrons. The number of nitrogens with zero attached hydrogens (tertiary/aromatic N) is 1. The van der Waals surface area contributed by atoms with E-state index in [1.54, 1.807) is 0 Å². The standard InChI is InChI=1S/C13H23N3.HI/c14-13(16-11-5-2-6-11)15-8-10-7-12(10)9-3-1-4-9;/h9-12H,1-8H2,(H3,14,15,16);1H/t10-,12-;/m0./s1. The lowest BCUT2D eigenvalue weighted by atomic mass is 9.81. The summed E-state index contributed by atoms with van der Waals surface area (Å²) in [6, 6.07) is 0.616. The summed E-state index contributed by atoms with van der Waals surface area (Å²) in [7, 11) is 0. The third kappa shape index (κ3) is 3.26. The van der Waals surface area contributed by atoms with Crippen LogP contribution < -0.4 is 11.1 Å². The molecular weight excluding hydrogens is 325 g/mol. The Bertz CT molecular complexity index is 284. The number of hydrogen-bond acceptors (Lipinski definition) is 1. The van der Waals surface area contributed by atoms with Crippen LogP contribution in [0.3, 0.4) is 0 Å². The van der Waals surface area contributed by atoms with Crippen LogP contribution in [0.5, 0.6) is 0 Å². The normalized spacial score (nSPS) is 33.3. The van der Waals surface area contributed by atoms with Gasteiger partial charge in [0.15, 0.2) is 5.96 Å². The Morgan fingerprint density at radius 2 is 1.88 bits per heavy atom. The van der Waals surface area contributed by atoms with E-state index in [1.807, 2.05) is 0 Å². The van der Waals surface area contributed by atoms with Gasteiger partial charge in [-0.25, -0.2) is 0 Å². The molecule has 3 nitrogen and oxygen atoms in total. The smallest absolute Gasteiger partial charge is 0.188 e. The molecule has 3 N–H and O–H groups in total. The average Bonchev–Trinajstić information content (AvgIpc) is 2.85. The molecule has 0 amide bonds. The zero-order chi connectivity index (χ0) is 11.0. The summed E-state index contributed by atoms with van der Waals surface area (Å²) in [5.74, 6) is 3.58. The largest absolute Gasteiger partial charge is 0.370 e. The van der Waals surface area contributed by atoms with E-state index in [9.17, 15) is 0 Å². The lowest BCUT2D eigenvalue weighted by molar-refractivity contribution is 0.266. The molecule has 3 rings (SSSR count). The first-order valence-electron chi connectivity index (χ1n) is 6.89. The number of aliphatic imine (C=N–C) groups is 1. The highest BCUT2D eigenvalue weighted by Gasteiger charge is 2.44. The van der Waals surface area contributed by atoms with Gasteiger partial charge in [0.2, 0.25) is 0 Å². The van der Waals surface area contributed by atoms with E-state index in [0.29, 0.717) is 12.0 Å². The summed E-state index contributed by atoms with van der Waals surface area (Å²) in [4.78, 5) is 4.48. The van der Waals surface area contributed by atoms with E-state index in [2.05, 4.69) is 10.3 Å². The topological polar surface area (TPSA) is 50.4 Å². The van der Waals surface area contributed by atoms with Crippen LogP contribution in [0.15, 0.2) is 4.99 Å². The summed E-state index contributed by atoms with van der Waals surface area (Å²) in [6.45, 7) is 0.965. The molecule has 0 aromatic rings. The van der Waals surface area contributed by atoms with E-state index in [-0.39, 0.29) is 24.0 Å². The Morgan fingerprint density at radius 1 is 1.18 bits per heavy atom. The van der Waals surface area contributed by atoms with Crippen molar-refractivity contribution in [2.45, 2.75) is 51.0 Å². The van der Waals surface area contributed by atoms with Crippen molar-refractivity contribution in [3.05, 3.63) is 0 Å². The van der Waals surface area contributed by atoms with E-state index in [0.717, 1.165) is 24.3 Å². The van der Waals surface area contributed by atoms with E-state index < -0.39 is 0 Å². The van der Waals surface area contributed by atoms with Crippen LogP contribution in [0.2, 0.25) is 0 Å². The number of nitrogens with two attached hydrogens (primary N) is 1. The van der Waals surface area contributed by atoms with Crippen LogP contribution in [-0.4, -0.2) is 18.5 Å². The predicted molar refractivity (Wildman–Crippen MR) is 81.6 cm³/mol. The van der Waals surface area contributed by atoms with Gasteiger partial charge in [-0.2, -0.15) is 0 Å². The van der Waals surface area contributed by atoms with Crippen molar-refractivity contribution in [1.82, 2.24) is 5.32 Å². The molecule has 4 heteroatoms. The molecule has 3 saturated carbocycles. The van der Waals surface area contributed by atoms with Crippen molar-refractivity contribution in [2.24, 2.45) is 28.5 Å². The molecule has 0 aliphatic heterocycles. The minimum Gasteiger partial charge on any atom is -0.370 e. The molecule has 0 heterocycles. The SMILES string of the molecule is I.NC(=NC[C@@H]1C[C@H]1C1CCC1)NC1CCC1. The molecule has 98 valence electrons. The van der Waals surface area contributed by atoms with Gasteiger partial charge in [0.1, 0.15) is 0 Å². The summed E-state index contributed by atoms with van der Waals surface area (Å²) >= 11 is 0. The lowest BCUT2D eigenvalue weighted by Gasteiger charge is -2.27. The van der Waals surface area contributed by atoms with Crippen LogP contribution in [0.1, 0.15) is 44.9 Å². The molecule has 3 fully saturated rings. The summed E-state index contributed by atoms with van der Waals surface area (Å²) in [6.07, 6.45) is 9.70. The molecule has 3 aliphatic rings. The molecule has 0 aromatic heterocycles. The van der Waals surface area contributed by atoms with E-state index >= 15 is 0 Å². The summed E-state index contributed by atoms with van der Waals surface area (Å²) in [5.41, 5.74) is 5.87. The van der Waals surface area contributed by atoms with Crippen LogP contribution in [0.4, 0.5) is 0 Å². The Kier molecular flexibility index (Phi) is 4.55. The van der Waals surface area contributed by atoms with Gasteiger partial charge < -0.3 is 11.1 Å². The Balaban J connectivity index is 0.00000108. The van der Waals surface area contributed by atoms with Gasteiger partial charge in [-0.05, 0) is 43.4 Å². The maximum absolute atomic E-state index is 5.87. The van der Waals surface area contributed by atoms with Gasteiger partial charge in [0.25, 0.3) is 0 Å². The Labute approximate surface area is 121 Å². The van der Waals surface area contributed by atoms with Gasteiger partial charge in [-0.15, -0.1) is 24.0 Å². The first-order valence-corrected chi connectivity index (χ1v) is 6.89. The van der Waals surface area contributed by atoms with Gasteiger partial charge in [0, 0.05) is 12.6 Å². The zero-order valence-electron chi connectivity index (χ0n) is 10.4. The monoisotopic (exact) mass is 349 g/mol. The van der Waals surface area contributed by atoms with Crippen molar-refractivity contribution in [2.75, 3.05) is 6.54 Å². The third-order valence-corrected chi connectivity index (χ3v) is 4.69. The van der Waals surface area contributed by atoms with Crippen molar-refractivity contribution >= 4 is 29.9 Å². The van der Waals surface area contributed by atoms with Crippen LogP contribution in [-0.2, 0) is 0 Å². The highest BCUT2D eigenvalue weighted by Crippen LogP contribution is 2.51. The second-order valence-corrected chi connectivity index (χ2v) is 5.85. The molecule has 3 aliphatic carbocycles. The zero-order valence-corrected chi connectivity index (χ0v) is 12.7. The molecule has 0 bridgehead atoms. The molecule has 0 spiro atoms. The summed E-state index contributed by atoms with van der Waals surface area (Å²) < 4.78 is 0. The highest BCUT2D eigenvalue weighted by atomic mass is 127. The molecule has 0 aromatic carbocycles. The van der Waals surface area contributed by atoms with Gasteiger partial charge in [-0.3, -0.25) is 4.99 Å². The van der Waals surface area contributed by atoms with Gasteiger partial charge in [0.05, 0.1) is 0 Å². The maximum Gasteiger partial charge on any atom is 0.188 e. The third-order valence-electron chi connectivity index (χ3n) is 4.69. The van der Waals surface area contributed by atoms with Crippen LogP contribution >= 0.6 is 24.0 Å². The number of guanidine groups is 1. The second kappa shape index (κ2) is 5.76. The number of hydrogen-bond donors (Lipinski definition) is 2. The molecule has 17 heavy (non-hydrogen) atoms. The van der Waals surface area contributed by atoms with E-state index in [1.165, 1.54) is 44.9 Å². The Morgan fingerprint density at radius 3 is 2.41 bits per heavy atom. The molecule has 2 atom stereocenters. The average molecular weight is 349 g/mol. The Hall–Kier alpha value is 0. The van der Waals surface area contributed by atoms with Crippen molar-refractivity contribution in [3.63, 3.8) is 0 Å². The first-order chi connectivity index (χ1) is 7.83. The molecule has 0 unspecified atom stereocenters.